The lowest BCUT2D eigenvalue weighted by Crippen LogP contribution is -2.48. The minimum atomic E-state index is -0.799. The molecule has 2 aliphatic rings. The predicted octanol–water partition coefficient (Wildman–Crippen LogP) is 1.20. The van der Waals surface area contributed by atoms with E-state index >= 15 is 0 Å². The van der Waals surface area contributed by atoms with Crippen LogP contribution in [0.5, 0.6) is 0 Å². The molecule has 1 saturated carbocycles. The number of amides is 5. The van der Waals surface area contributed by atoms with Crippen molar-refractivity contribution in [1.29, 1.82) is 0 Å². The van der Waals surface area contributed by atoms with Gasteiger partial charge in [0.25, 0.3) is 0 Å². The Labute approximate surface area is 168 Å². The Balaban J connectivity index is 0.00000280. The van der Waals surface area contributed by atoms with Crippen LogP contribution in [0.1, 0.15) is 32.1 Å². The number of nitrogens with zero attached hydrogens (tertiary/aromatic N) is 1. The standard InChI is InChI=1S/C18H23N5O4.ClH/c19-18(8-1-2-9-18)16(26)22-13-5-3-12(4-6-13)21-14(24)7-10-23-15(25)11-20-17(23)27;/h3-6H,1-2,7-11,19H2,(H,20,27)(H,21,24)(H,22,26);1H. The van der Waals surface area contributed by atoms with Crippen LogP contribution in [0.3, 0.4) is 0 Å². The highest BCUT2D eigenvalue weighted by Crippen LogP contribution is 2.28. The molecule has 5 amide bonds. The first-order chi connectivity index (χ1) is 12.9. The average molecular weight is 410 g/mol. The highest BCUT2D eigenvalue weighted by atomic mass is 35.5. The van der Waals surface area contributed by atoms with Crippen molar-refractivity contribution in [2.45, 2.75) is 37.6 Å². The van der Waals surface area contributed by atoms with Gasteiger partial charge in [0.2, 0.25) is 17.7 Å². The molecule has 1 saturated heterocycles. The quantitative estimate of drug-likeness (QED) is 0.524. The van der Waals surface area contributed by atoms with E-state index in [1.54, 1.807) is 24.3 Å². The molecule has 1 aromatic carbocycles. The fourth-order valence-corrected chi connectivity index (χ4v) is 3.24. The molecule has 2 fully saturated rings. The molecule has 10 heteroatoms. The normalized spacial score (nSPS) is 17.7. The summed E-state index contributed by atoms with van der Waals surface area (Å²) in [5.74, 6) is -0.843. The van der Waals surface area contributed by atoms with E-state index in [2.05, 4.69) is 16.0 Å². The van der Waals surface area contributed by atoms with Crippen LogP contribution in [-0.4, -0.2) is 47.3 Å². The highest BCUT2D eigenvalue weighted by molar-refractivity contribution is 6.02. The largest absolute Gasteiger partial charge is 0.329 e. The third-order valence-corrected chi connectivity index (χ3v) is 4.87. The highest BCUT2D eigenvalue weighted by Gasteiger charge is 2.36. The molecule has 28 heavy (non-hydrogen) atoms. The number of rotatable bonds is 6. The summed E-state index contributed by atoms with van der Waals surface area (Å²) >= 11 is 0. The summed E-state index contributed by atoms with van der Waals surface area (Å²) in [5, 5.41) is 7.90. The molecule has 0 spiro atoms. The number of urea groups is 1. The van der Waals surface area contributed by atoms with E-state index in [0.717, 1.165) is 17.7 Å². The fourth-order valence-electron chi connectivity index (χ4n) is 3.24. The lowest BCUT2D eigenvalue weighted by Gasteiger charge is -2.22. The molecular formula is C18H24ClN5O4. The van der Waals surface area contributed by atoms with Gasteiger partial charge in [-0.2, -0.15) is 0 Å². The smallest absolute Gasteiger partial charge is 0.324 e. The molecule has 1 aliphatic carbocycles. The van der Waals surface area contributed by atoms with Gasteiger partial charge in [0.1, 0.15) is 0 Å². The molecule has 3 rings (SSSR count). The number of carbonyl (C=O) groups is 4. The Morgan fingerprint density at radius 1 is 1.07 bits per heavy atom. The summed E-state index contributed by atoms with van der Waals surface area (Å²) in [7, 11) is 0. The number of halogens is 1. The number of imide groups is 1. The van der Waals surface area contributed by atoms with Crippen LogP contribution < -0.4 is 21.7 Å². The second-order valence-corrected chi connectivity index (χ2v) is 6.90. The van der Waals surface area contributed by atoms with Gasteiger partial charge in [0.05, 0.1) is 12.1 Å². The van der Waals surface area contributed by atoms with Crippen molar-refractivity contribution in [3.05, 3.63) is 24.3 Å². The SMILES string of the molecule is Cl.NC1(C(=O)Nc2ccc(NC(=O)CCN3C(=O)CNC3=O)cc2)CCCC1. The number of nitrogens with two attached hydrogens (primary N) is 1. The van der Waals surface area contributed by atoms with Crippen molar-refractivity contribution in [2.24, 2.45) is 5.73 Å². The molecule has 5 N–H and O–H groups in total. The molecule has 1 heterocycles. The molecule has 0 aromatic heterocycles. The molecule has 152 valence electrons. The van der Waals surface area contributed by atoms with E-state index < -0.39 is 11.6 Å². The Hall–Kier alpha value is -2.65. The number of benzene rings is 1. The summed E-state index contributed by atoms with van der Waals surface area (Å²) in [6.07, 6.45) is 3.29. The average Bonchev–Trinajstić information content (AvgIpc) is 3.22. The predicted molar refractivity (Wildman–Crippen MR) is 106 cm³/mol. The lowest BCUT2D eigenvalue weighted by molar-refractivity contribution is -0.125. The zero-order valence-electron chi connectivity index (χ0n) is 15.3. The van der Waals surface area contributed by atoms with Gasteiger partial charge < -0.3 is 21.7 Å². The first-order valence-electron chi connectivity index (χ1n) is 8.96. The summed E-state index contributed by atoms with van der Waals surface area (Å²) in [6, 6.07) is 6.22. The van der Waals surface area contributed by atoms with Crippen LogP contribution >= 0.6 is 12.4 Å². The van der Waals surface area contributed by atoms with Crippen LogP contribution in [0.25, 0.3) is 0 Å². The number of anilines is 2. The van der Waals surface area contributed by atoms with Gasteiger partial charge in [0, 0.05) is 24.3 Å². The van der Waals surface area contributed by atoms with Crippen molar-refractivity contribution in [3.8, 4) is 0 Å². The van der Waals surface area contributed by atoms with E-state index in [4.69, 9.17) is 5.73 Å². The minimum Gasteiger partial charge on any atom is -0.329 e. The summed E-state index contributed by atoms with van der Waals surface area (Å²) in [4.78, 5) is 48.2. The number of carbonyl (C=O) groups excluding carboxylic acids is 4. The van der Waals surface area contributed by atoms with Gasteiger partial charge in [-0.3, -0.25) is 19.3 Å². The van der Waals surface area contributed by atoms with E-state index in [-0.39, 0.29) is 49.6 Å². The van der Waals surface area contributed by atoms with Gasteiger partial charge in [-0.05, 0) is 37.1 Å². The maximum Gasteiger partial charge on any atom is 0.324 e. The van der Waals surface area contributed by atoms with Gasteiger partial charge in [-0.25, -0.2) is 4.79 Å². The van der Waals surface area contributed by atoms with Gasteiger partial charge in [0.15, 0.2) is 0 Å². The molecule has 0 atom stereocenters. The van der Waals surface area contributed by atoms with Crippen LogP contribution in [0.15, 0.2) is 24.3 Å². The molecule has 0 radical (unpaired) electrons. The second-order valence-electron chi connectivity index (χ2n) is 6.90. The van der Waals surface area contributed by atoms with E-state index in [0.29, 0.717) is 24.2 Å². The zero-order chi connectivity index (χ0) is 19.4. The first kappa shape index (κ1) is 21.6. The third-order valence-electron chi connectivity index (χ3n) is 4.87. The Kier molecular flexibility index (Phi) is 6.98. The molecule has 1 aromatic rings. The Morgan fingerprint density at radius 2 is 1.64 bits per heavy atom. The third kappa shape index (κ3) is 4.99. The topological polar surface area (TPSA) is 134 Å². The number of hydrogen-bond donors (Lipinski definition) is 4. The van der Waals surface area contributed by atoms with Crippen molar-refractivity contribution >= 4 is 47.5 Å². The maximum absolute atomic E-state index is 12.3. The molecule has 0 unspecified atom stereocenters. The van der Waals surface area contributed by atoms with Crippen LogP contribution in [0.4, 0.5) is 16.2 Å². The van der Waals surface area contributed by atoms with Crippen LogP contribution in [-0.2, 0) is 14.4 Å². The fraction of sp³-hybridized carbons (Fsp3) is 0.444. The van der Waals surface area contributed by atoms with Gasteiger partial charge in [-0.15, -0.1) is 12.4 Å². The maximum atomic E-state index is 12.3. The van der Waals surface area contributed by atoms with Crippen molar-refractivity contribution in [3.63, 3.8) is 0 Å². The summed E-state index contributed by atoms with van der Waals surface area (Å²) in [6.45, 7) is 0.000937. The monoisotopic (exact) mass is 409 g/mol. The number of nitrogens with one attached hydrogen (secondary N) is 3. The molecule has 0 bridgehead atoms. The Bertz CT molecular complexity index is 746. The van der Waals surface area contributed by atoms with E-state index in [1.807, 2.05) is 0 Å². The van der Waals surface area contributed by atoms with E-state index in [1.165, 1.54) is 0 Å². The van der Waals surface area contributed by atoms with Crippen LogP contribution in [0.2, 0.25) is 0 Å². The Morgan fingerprint density at radius 3 is 2.18 bits per heavy atom. The van der Waals surface area contributed by atoms with Crippen molar-refractivity contribution in [2.75, 3.05) is 23.7 Å². The van der Waals surface area contributed by atoms with Crippen LogP contribution in [0, 0.1) is 0 Å². The van der Waals surface area contributed by atoms with Gasteiger partial charge >= 0.3 is 6.03 Å². The second kappa shape index (κ2) is 9.03. The minimum absolute atomic E-state index is 0. The number of hydrogen-bond acceptors (Lipinski definition) is 5. The van der Waals surface area contributed by atoms with E-state index in [9.17, 15) is 19.2 Å². The van der Waals surface area contributed by atoms with Gasteiger partial charge in [-0.1, -0.05) is 12.8 Å². The zero-order valence-corrected chi connectivity index (χ0v) is 16.1. The first-order valence-corrected chi connectivity index (χ1v) is 8.96. The summed E-state index contributed by atoms with van der Waals surface area (Å²) < 4.78 is 0. The lowest BCUT2D eigenvalue weighted by atomic mass is 9.98. The van der Waals surface area contributed by atoms with Crippen molar-refractivity contribution in [1.82, 2.24) is 10.2 Å². The summed E-state index contributed by atoms with van der Waals surface area (Å²) in [5.41, 5.74) is 6.49. The molecule has 1 aliphatic heterocycles. The molecular weight excluding hydrogens is 386 g/mol. The molecule has 9 nitrogen and oxygen atoms in total. The van der Waals surface area contributed by atoms with Crippen molar-refractivity contribution < 1.29 is 19.2 Å².